The van der Waals surface area contributed by atoms with E-state index in [0.29, 0.717) is 10.4 Å². The zero-order chi connectivity index (χ0) is 15.5. The first-order valence-corrected chi connectivity index (χ1v) is 8.38. The van der Waals surface area contributed by atoms with Gasteiger partial charge in [-0.15, -0.1) is 0 Å². The molecule has 0 saturated heterocycles. The van der Waals surface area contributed by atoms with Crippen molar-refractivity contribution < 1.29 is 13.5 Å². The van der Waals surface area contributed by atoms with Gasteiger partial charge in [0.2, 0.25) is 0 Å². The van der Waals surface area contributed by atoms with Crippen LogP contribution in [0.3, 0.4) is 0 Å². The molecule has 0 saturated carbocycles. The molecule has 7 heteroatoms. The van der Waals surface area contributed by atoms with E-state index in [9.17, 15) is 8.42 Å². The maximum absolute atomic E-state index is 12.4. The summed E-state index contributed by atoms with van der Waals surface area (Å²) in [6, 6.07) is 5.25. The highest BCUT2D eigenvalue weighted by molar-refractivity contribution is 7.93. The van der Waals surface area contributed by atoms with Crippen LogP contribution in [0.4, 0.5) is 5.13 Å². The molecule has 0 aliphatic heterocycles. The van der Waals surface area contributed by atoms with Crippen LogP contribution < -0.4 is 4.72 Å². The zero-order valence-electron chi connectivity index (χ0n) is 11.5. The Morgan fingerprint density at radius 3 is 2.86 bits per heavy atom. The molecule has 0 unspecified atom stereocenters. The first-order chi connectivity index (χ1) is 9.92. The molecule has 0 radical (unpaired) electrons. The van der Waals surface area contributed by atoms with Crippen LogP contribution in [0.25, 0.3) is 0 Å². The molecule has 21 heavy (non-hydrogen) atoms. The van der Waals surface area contributed by atoms with Crippen LogP contribution in [0.15, 0.2) is 29.3 Å². The van der Waals surface area contributed by atoms with Crippen LogP contribution >= 0.6 is 11.3 Å². The van der Waals surface area contributed by atoms with Gasteiger partial charge in [-0.25, -0.2) is 13.4 Å². The molecule has 0 aliphatic rings. The monoisotopic (exact) mass is 322 g/mol. The minimum absolute atomic E-state index is 0.237. The van der Waals surface area contributed by atoms with Gasteiger partial charge in [-0.3, -0.25) is 4.72 Å². The normalized spacial score (nSPS) is 10.8. The van der Waals surface area contributed by atoms with Gasteiger partial charge in [0.15, 0.2) is 5.13 Å². The van der Waals surface area contributed by atoms with Crippen LogP contribution in [0.2, 0.25) is 0 Å². The average Bonchev–Trinajstić information content (AvgIpc) is 2.86. The summed E-state index contributed by atoms with van der Waals surface area (Å²) < 4.78 is 27.2. The van der Waals surface area contributed by atoms with Crippen molar-refractivity contribution in [3.8, 4) is 11.8 Å². The molecule has 1 aromatic carbocycles. The van der Waals surface area contributed by atoms with E-state index in [-0.39, 0.29) is 16.6 Å². The van der Waals surface area contributed by atoms with Crippen LogP contribution in [-0.4, -0.2) is 25.1 Å². The van der Waals surface area contributed by atoms with E-state index in [0.717, 1.165) is 16.9 Å². The van der Waals surface area contributed by atoms with E-state index in [2.05, 4.69) is 21.5 Å². The molecule has 2 rings (SSSR count). The lowest BCUT2D eigenvalue weighted by molar-refractivity contribution is 0.350. The number of anilines is 1. The van der Waals surface area contributed by atoms with Gasteiger partial charge < -0.3 is 5.11 Å². The third kappa shape index (κ3) is 3.82. The molecule has 0 spiro atoms. The summed E-state index contributed by atoms with van der Waals surface area (Å²) in [5.41, 5.74) is 1.54. The summed E-state index contributed by atoms with van der Waals surface area (Å²) >= 11 is 1.12. The molecule has 1 aromatic heterocycles. The lowest BCUT2D eigenvalue weighted by Crippen LogP contribution is -2.14. The number of nitrogens with zero attached hydrogens (tertiary/aromatic N) is 1. The van der Waals surface area contributed by atoms with E-state index in [1.165, 1.54) is 6.20 Å². The highest BCUT2D eigenvalue weighted by atomic mass is 32.2. The van der Waals surface area contributed by atoms with Gasteiger partial charge in [-0.2, -0.15) is 0 Å². The summed E-state index contributed by atoms with van der Waals surface area (Å²) in [5, 5.41) is 8.87. The predicted octanol–water partition coefficient (Wildman–Crippen LogP) is 1.90. The third-order valence-corrected chi connectivity index (χ3v) is 5.09. The number of aliphatic hydroxyl groups excluding tert-OH is 1. The van der Waals surface area contributed by atoms with Crippen molar-refractivity contribution in [3.05, 3.63) is 40.4 Å². The number of nitrogens with one attached hydrogen (secondary N) is 1. The van der Waals surface area contributed by atoms with E-state index in [1.807, 2.05) is 13.0 Å². The summed E-state index contributed by atoms with van der Waals surface area (Å²) in [6.07, 6.45) is 1.47. The lowest BCUT2D eigenvalue weighted by atomic mass is 10.2. The zero-order valence-corrected chi connectivity index (χ0v) is 13.2. The molecule has 0 atom stereocenters. The van der Waals surface area contributed by atoms with E-state index < -0.39 is 10.0 Å². The molecule has 0 bridgehead atoms. The SMILES string of the molecule is Cc1ccc(C)c(S(=O)(=O)Nc2ncc(C#CCO)s2)c1. The van der Waals surface area contributed by atoms with Crippen molar-refractivity contribution >= 4 is 26.5 Å². The van der Waals surface area contributed by atoms with Crippen molar-refractivity contribution in [2.75, 3.05) is 11.3 Å². The fraction of sp³-hybridized carbons (Fsp3) is 0.214. The number of aliphatic hydroxyl groups is 1. The Labute approximate surface area is 127 Å². The van der Waals surface area contributed by atoms with Gasteiger partial charge in [0.25, 0.3) is 10.0 Å². The Bertz CT molecular complexity index is 814. The summed E-state index contributed by atoms with van der Waals surface area (Å²) in [7, 11) is -3.67. The first-order valence-electron chi connectivity index (χ1n) is 6.08. The number of aryl methyl sites for hydroxylation is 2. The predicted molar refractivity (Wildman–Crippen MR) is 82.8 cm³/mol. The number of sulfonamides is 1. The Morgan fingerprint density at radius 1 is 1.38 bits per heavy atom. The van der Waals surface area contributed by atoms with Crippen LogP contribution in [0.5, 0.6) is 0 Å². The molecule has 0 aliphatic carbocycles. The van der Waals surface area contributed by atoms with Gasteiger partial charge in [0.1, 0.15) is 6.61 Å². The highest BCUT2D eigenvalue weighted by Crippen LogP contribution is 2.23. The van der Waals surface area contributed by atoms with Gasteiger partial charge in [0.05, 0.1) is 16.0 Å². The summed E-state index contributed by atoms with van der Waals surface area (Å²) in [6.45, 7) is 3.33. The second-order valence-electron chi connectivity index (χ2n) is 4.36. The molecule has 0 fully saturated rings. The number of hydrogen-bond donors (Lipinski definition) is 2. The second-order valence-corrected chi connectivity index (χ2v) is 7.05. The number of aromatic nitrogens is 1. The van der Waals surface area contributed by atoms with Crippen LogP contribution in [0, 0.1) is 25.7 Å². The van der Waals surface area contributed by atoms with Crippen molar-refractivity contribution in [1.82, 2.24) is 4.98 Å². The average molecular weight is 322 g/mol. The molecule has 2 N–H and O–H groups in total. The fourth-order valence-electron chi connectivity index (χ4n) is 1.67. The van der Waals surface area contributed by atoms with E-state index in [1.54, 1.807) is 19.1 Å². The molecule has 110 valence electrons. The highest BCUT2D eigenvalue weighted by Gasteiger charge is 2.18. The van der Waals surface area contributed by atoms with Gasteiger partial charge in [0, 0.05) is 0 Å². The minimum Gasteiger partial charge on any atom is -0.384 e. The van der Waals surface area contributed by atoms with Gasteiger partial charge in [-0.05, 0) is 31.0 Å². The minimum atomic E-state index is -3.67. The lowest BCUT2D eigenvalue weighted by Gasteiger charge is -2.08. The molecule has 2 aromatic rings. The van der Waals surface area contributed by atoms with Crippen molar-refractivity contribution in [2.45, 2.75) is 18.7 Å². The second kappa shape index (κ2) is 6.26. The van der Waals surface area contributed by atoms with Crippen LogP contribution in [0.1, 0.15) is 16.0 Å². The first kappa shape index (κ1) is 15.5. The largest absolute Gasteiger partial charge is 0.384 e. The molecular formula is C14H14N2O3S2. The fourth-order valence-corrected chi connectivity index (χ4v) is 3.94. The maximum atomic E-state index is 12.4. The maximum Gasteiger partial charge on any atom is 0.263 e. The summed E-state index contributed by atoms with van der Waals surface area (Å²) in [4.78, 5) is 4.80. The topological polar surface area (TPSA) is 79.3 Å². The number of benzene rings is 1. The Morgan fingerprint density at radius 2 is 2.14 bits per heavy atom. The van der Waals surface area contributed by atoms with Crippen molar-refractivity contribution in [2.24, 2.45) is 0 Å². The standard InChI is InChI=1S/C14H14N2O3S2/c1-10-5-6-11(2)13(8-10)21(18,19)16-14-15-9-12(20-14)4-3-7-17/h5-6,8-9,17H,7H2,1-2H3,(H,15,16). The molecule has 0 amide bonds. The third-order valence-electron chi connectivity index (χ3n) is 2.65. The molecule has 5 nitrogen and oxygen atoms in total. The van der Waals surface area contributed by atoms with Crippen molar-refractivity contribution in [3.63, 3.8) is 0 Å². The quantitative estimate of drug-likeness (QED) is 0.846. The smallest absolute Gasteiger partial charge is 0.263 e. The van der Waals surface area contributed by atoms with Crippen LogP contribution in [-0.2, 0) is 10.0 Å². The van der Waals surface area contributed by atoms with E-state index >= 15 is 0 Å². The molecule has 1 heterocycles. The van der Waals surface area contributed by atoms with E-state index in [4.69, 9.17) is 5.11 Å². The van der Waals surface area contributed by atoms with Crippen molar-refractivity contribution in [1.29, 1.82) is 0 Å². The number of thiazole rings is 1. The number of rotatable bonds is 3. The van der Waals surface area contributed by atoms with Gasteiger partial charge >= 0.3 is 0 Å². The Balaban J connectivity index is 2.29. The molecular weight excluding hydrogens is 308 g/mol. The summed E-state index contributed by atoms with van der Waals surface area (Å²) in [5.74, 6) is 5.17. The van der Waals surface area contributed by atoms with Gasteiger partial charge in [-0.1, -0.05) is 35.3 Å². The Kier molecular flexibility index (Phi) is 4.63. The number of hydrogen-bond acceptors (Lipinski definition) is 5. The Hall–Kier alpha value is -1.88.